The smallest absolute Gasteiger partial charge is 0.0790 e. The van der Waals surface area contributed by atoms with E-state index in [0.717, 1.165) is 17.6 Å². The van der Waals surface area contributed by atoms with Crippen LogP contribution in [0.15, 0.2) is 145 Å². The number of aromatic nitrogens is 1. The Morgan fingerprint density at radius 2 is 1.44 bits per heavy atom. The summed E-state index contributed by atoms with van der Waals surface area (Å²) in [6.45, 7) is 2.22. The molecule has 1 unspecified atom stereocenters. The summed E-state index contributed by atoms with van der Waals surface area (Å²) in [6.07, 6.45) is 8.04. The molecular formula is C40H29N. The number of rotatable bonds is 2. The summed E-state index contributed by atoms with van der Waals surface area (Å²) in [5.74, 6) is 0.0568. The number of hydrogen-bond donors (Lipinski definition) is 0. The fourth-order valence-electron chi connectivity index (χ4n) is 6.76. The van der Waals surface area contributed by atoms with Gasteiger partial charge in [-0.25, -0.2) is 0 Å². The van der Waals surface area contributed by atoms with Gasteiger partial charge in [-0.05, 0) is 74.9 Å². The summed E-state index contributed by atoms with van der Waals surface area (Å²) in [4.78, 5) is 5.52. The van der Waals surface area contributed by atoms with Crippen LogP contribution in [0.1, 0.15) is 40.8 Å². The highest BCUT2D eigenvalue weighted by molar-refractivity contribution is 6.10. The summed E-state index contributed by atoms with van der Waals surface area (Å²) in [5, 5.41) is 3.61. The topological polar surface area (TPSA) is 12.9 Å². The molecule has 1 heteroatoms. The second-order valence-corrected chi connectivity index (χ2v) is 11.2. The van der Waals surface area contributed by atoms with E-state index >= 15 is 0 Å². The molecule has 0 fully saturated rings. The molecule has 0 spiro atoms. The van der Waals surface area contributed by atoms with Crippen molar-refractivity contribution in [3.8, 4) is 11.1 Å². The van der Waals surface area contributed by atoms with Crippen LogP contribution in [0.3, 0.4) is 0 Å². The van der Waals surface area contributed by atoms with Gasteiger partial charge in [0.15, 0.2) is 0 Å². The first-order chi connectivity index (χ1) is 20.2. The third-order valence-corrected chi connectivity index (χ3v) is 8.64. The summed E-state index contributed by atoms with van der Waals surface area (Å²) in [5.41, 5.74) is 13.8. The zero-order valence-electron chi connectivity index (χ0n) is 23.0. The van der Waals surface area contributed by atoms with Crippen LogP contribution in [0, 0.1) is 0 Å². The molecule has 0 N–H and O–H groups in total. The highest BCUT2D eigenvalue weighted by Gasteiger charge is 2.34. The van der Waals surface area contributed by atoms with Crippen molar-refractivity contribution in [1.29, 1.82) is 0 Å². The van der Waals surface area contributed by atoms with Crippen LogP contribution in [-0.2, 0) is 6.42 Å². The number of benzene rings is 5. The van der Waals surface area contributed by atoms with Crippen molar-refractivity contribution < 1.29 is 0 Å². The Labute approximate surface area is 240 Å². The van der Waals surface area contributed by atoms with E-state index in [9.17, 15) is 0 Å². The molecule has 2 aliphatic rings. The van der Waals surface area contributed by atoms with Gasteiger partial charge >= 0.3 is 0 Å². The van der Waals surface area contributed by atoms with Crippen molar-refractivity contribution in [3.63, 3.8) is 0 Å². The standard InChI is InChI=1S/C40H29N/c1-26-23-30-15-6-5-11-27(30)19-21-34-37(24-26)32-17-9-10-18-33(32)39(34)38-25-36(28-12-3-2-4-13-28)35-22-20-29-14-7-8-16-31(29)40(35)41-38/h2-18,20-25,39H,19H2,1H3. The van der Waals surface area contributed by atoms with Crippen molar-refractivity contribution in [2.75, 3.05) is 0 Å². The molecule has 0 radical (unpaired) electrons. The van der Waals surface area contributed by atoms with Gasteiger partial charge in [0.25, 0.3) is 0 Å². The summed E-state index contributed by atoms with van der Waals surface area (Å²) < 4.78 is 0. The maximum Gasteiger partial charge on any atom is 0.0790 e. The fraction of sp³-hybridized carbons (Fsp3) is 0.0750. The molecule has 41 heavy (non-hydrogen) atoms. The zero-order chi connectivity index (χ0) is 27.3. The normalized spacial score (nSPS) is 16.0. The van der Waals surface area contributed by atoms with Gasteiger partial charge in [0, 0.05) is 10.8 Å². The maximum absolute atomic E-state index is 5.52. The van der Waals surface area contributed by atoms with Crippen molar-refractivity contribution in [1.82, 2.24) is 4.98 Å². The number of fused-ring (bicyclic) bond motifs is 7. The average Bonchev–Trinajstić information content (AvgIpc) is 3.35. The summed E-state index contributed by atoms with van der Waals surface area (Å²) in [6, 6.07) is 43.9. The molecule has 0 amide bonds. The van der Waals surface area contributed by atoms with Crippen molar-refractivity contribution in [3.05, 3.63) is 173 Å². The Morgan fingerprint density at radius 3 is 2.37 bits per heavy atom. The molecule has 8 rings (SSSR count). The van der Waals surface area contributed by atoms with Gasteiger partial charge in [-0.1, -0.05) is 133 Å². The summed E-state index contributed by atoms with van der Waals surface area (Å²) >= 11 is 0. The molecule has 1 aromatic heterocycles. The predicted molar refractivity (Wildman–Crippen MR) is 173 cm³/mol. The molecule has 194 valence electrons. The Morgan fingerprint density at radius 1 is 0.659 bits per heavy atom. The monoisotopic (exact) mass is 523 g/mol. The molecular weight excluding hydrogens is 494 g/mol. The second kappa shape index (κ2) is 9.57. The van der Waals surface area contributed by atoms with E-state index in [1.54, 1.807) is 0 Å². The molecule has 1 atom stereocenters. The third-order valence-electron chi connectivity index (χ3n) is 8.64. The fourth-order valence-corrected chi connectivity index (χ4v) is 6.76. The third kappa shape index (κ3) is 3.97. The van der Waals surface area contributed by atoms with E-state index in [4.69, 9.17) is 4.98 Å². The van der Waals surface area contributed by atoms with Crippen LogP contribution < -0.4 is 0 Å². The predicted octanol–water partition coefficient (Wildman–Crippen LogP) is 10.2. The van der Waals surface area contributed by atoms with Crippen LogP contribution in [-0.4, -0.2) is 4.98 Å². The van der Waals surface area contributed by atoms with Gasteiger partial charge < -0.3 is 0 Å². The highest BCUT2D eigenvalue weighted by Crippen LogP contribution is 2.50. The molecule has 1 heterocycles. The zero-order valence-corrected chi connectivity index (χ0v) is 23.0. The van der Waals surface area contributed by atoms with E-state index in [0.29, 0.717) is 0 Å². The van der Waals surface area contributed by atoms with Gasteiger partial charge in [0.1, 0.15) is 0 Å². The quantitative estimate of drug-likeness (QED) is 0.206. The Bertz CT molecular complexity index is 2070. The number of nitrogens with zero attached hydrogens (tertiary/aromatic N) is 1. The first-order valence-electron chi connectivity index (χ1n) is 14.4. The highest BCUT2D eigenvalue weighted by atomic mass is 14.7. The molecule has 0 aliphatic heterocycles. The minimum atomic E-state index is 0.0568. The molecule has 0 saturated carbocycles. The van der Waals surface area contributed by atoms with Crippen LogP contribution in [0.2, 0.25) is 0 Å². The lowest BCUT2D eigenvalue weighted by Crippen LogP contribution is -2.04. The van der Waals surface area contributed by atoms with Crippen LogP contribution in [0.25, 0.3) is 44.5 Å². The van der Waals surface area contributed by atoms with Gasteiger partial charge in [0.2, 0.25) is 0 Å². The molecule has 0 bridgehead atoms. The van der Waals surface area contributed by atoms with E-state index in [1.807, 2.05) is 0 Å². The van der Waals surface area contributed by atoms with Crippen LogP contribution in [0.5, 0.6) is 0 Å². The Kier molecular flexibility index (Phi) is 5.57. The van der Waals surface area contributed by atoms with E-state index in [-0.39, 0.29) is 5.92 Å². The number of hydrogen-bond acceptors (Lipinski definition) is 1. The molecule has 0 saturated heterocycles. The van der Waals surface area contributed by atoms with E-state index < -0.39 is 0 Å². The largest absolute Gasteiger partial charge is 0.251 e. The first-order valence-corrected chi connectivity index (χ1v) is 14.4. The molecule has 1 nitrogen and oxygen atoms in total. The van der Waals surface area contributed by atoms with Crippen molar-refractivity contribution >= 4 is 33.3 Å². The van der Waals surface area contributed by atoms with E-state index in [2.05, 4.69) is 146 Å². The van der Waals surface area contributed by atoms with Gasteiger partial charge in [-0.3, -0.25) is 4.98 Å². The second-order valence-electron chi connectivity index (χ2n) is 11.2. The lowest BCUT2D eigenvalue weighted by atomic mass is 9.88. The molecule has 5 aromatic carbocycles. The van der Waals surface area contributed by atoms with Crippen LogP contribution >= 0.6 is 0 Å². The number of pyridine rings is 1. The SMILES string of the molecule is CC1=Cc2ccccc2CC=C2C(=C1)c1ccccc1C2c1cc(-c2ccccc2)c2ccc3ccccc3c2n1. The molecule has 2 aliphatic carbocycles. The number of allylic oxidation sites excluding steroid dienone is 5. The van der Waals surface area contributed by atoms with Gasteiger partial charge in [-0.15, -0.1) is 0 Å². The van der Waals surface area contributed by atoms with Gasteiger partial charge in [-0.2, -0.15) is 0 Å². The van der Waals surface area contributed by atoms with Crippen molar-refractivity contribution in [2.45, 2.75) is 19.3 Å². The lowest BCUT2D eigenvalue weighted by molar-refractivity contribution is 0.953. The van der Waals surface area contributed by atoms with Gasteiger partial charge in [0.05, 0.1) is 17.1 Å². The first kappa shape index (κ1) is 23.8. The minimum Gasteiger partial charge on any atom is -0.251 e. The Balaban J connectivity index is 1.43. The average molecular weight is 524 g/mol. The maximum atomic E-state index is 5.52. The summed E-state index contributed by atoms with van der Waals surface area (Å²) in [7, 11) is 0. The lowest BCUT2D eigenvalue weighted by Gasteiger charge is -2.18. The van der Waals surface area contributed by atoms with Crippen molar-refractivity contribution in [2.24, 2.45) is 0 Å². The van der Waals surface area contributed by atoms with E-state index in [1.165, 1.54) is 66.3 Å². The Hall–Kier alpha value is -5.01. The molecule has 6 aromatic rings. The van der Waals surface area contributed by atoms with Crippen LogP contribution in [0.4, 0.5) is 0 Å². The minimum absolute atomic E-state index is 0.0568.